The summed E-state index contributed by atoms with van der Waals surface area (Å²) in [5.74, 6) is -0.930. The summed E-state index contributed by atoms with van der Waals surface area (Å²) in [6.45, 7) is 0.257. The number of nitrogens with zero attached hydrogens (tertiary/aromatic N) is 1. The van der Waals surface area contributed by atoms with Gasteiger partial charge in [0, 0.05) is 12.1 Å². The predicted octanol–water partition coefficient (Wildman–Crippen LogP) is 0.715. The van der Waals surface area contributed by atoms with E-state index in [-0.39, 0.29) is 12.4 Å². The van der Waals surface area contributed by atoms with Gasteiger partial charge in [-0.2, -0.15) is 0 Å². The van der Waals surface area contributed by atoms with E-state index in [1.165, 1.54) is 12.1 Å². The average molecular weight is 193 g/mol. The number of pyridine rings is 1. The molecule has 1 aromatic rings. The maximum atomic E-state index is 10.2. The molecule has 1 N–H and O–H groups in total. The Labute approximate surface area is 79.7 Å². The van der Waals surface area contributed by atoms with E-state index in [1.807, 2.05) is 0 Å². The second-order valence-electron chi connectivity index (χ2n) is 2.29. The maximum absolute atomic E-state index is 10.2. The van der Waals surface area contributed by atoms with Gasteiger partial charge in [-0.25, -0.2) is 9.78 Å². The van der Waals surface area contributed by atoms with Gasteiger partial charge in [0.2, 0.25) is 5.88 Å². The summed E-state index contributed by atoms with van der Waals surface area (Å²) in [5, 5.41) is 8.35. The Bertz CT molecular complexity index is 373. The van der Waals surface area contributed by atoms with Crippen molar-refractivity contribution in [2.75, 3.05) is 0 Å². The molecular formula is C9H7NO4. The predicted molar refractivity (Wildman–Crippen MR) is 47.6 cm³/mol. The summed E-state index contributed by atoms with van der Waals surface area (Å²) in [7, 11) is 0. The molecule has 0 unspecified atom stereocenters. The van der Waals surface area contributed by atoms with Crippen molar-refractivity contribution in [3.8, 4) is 5.88 Å². The number of hydrogen-bond donors (Lipinski definition) is 1. The third-order valence-corrected chi connectivity index (χ3v) is 1.31. The lowest BCUT2D eigenvalue weighted by atomic mass is 10.3. The second kappa shape index (κ2) is 4.76. The summed E-state index contributed by atoms with van der Waals surface area (Å²) in [5.41, 5.74) is 0.409. The van der Waals surface area contributed by atoms with Crippen LogP contribution in [0.2, 0.25) is 0 Å². The molecule has 1 aromatic heterocycles. The molecule has 5 heteroatoms. The first kappa shape index (κ1) is 9.91. The van der Waals surface area contributed by atoms with Gasteiger partial charge < -0.3 is 9.84 Å². The molecule has 5 nitrogen and oxygen atoms in total. The van der Waals surface area contributed by atoms with E-state index in [9.17, 15) is 9.59 Å². The SMILES string of the molecule is O=COc1cccc(/C=C/C(=O)O)n1. The van der Waals surface area contributed by atoms with Crippen LogP contribution in [-0.2, 0) is 9.59 Å². The number of carboxylic acid groups (broad SMARTS) is 1. The van der Waals surface area contributed by atoms with Crippen LogP contribution in [0.15, 0.2) is 24.3 Å². The van der Waals surface area contributed by atoms with E-state index in [4.69, 9.17) is 5.11 Å². The molecule has 0 aliphatic rings. The minimum absolute atomic E-state index is 0.132. The molecule has 14 heavy (non-hydrogen) atoms. The zero-order chi connectivity index (χ0) is 10.4. The van der Waals surface area contributed by atoms with Crippen molar-refractivity contribution < 1.29 is 19.4 Å². The van der Waals surface area contributed by atoms with Crippen LogP contribution < -0.4 is 4.74 Å². The van der Waals surface area contributed by atoms with E-state index in [1.54, 1.807) is 12.1 Å². The Hall–Kier alpha value is -2.17. The fourth-order valence-corrected chi connectivity index (χ4v) is 0.795. The van der Waals surface area contributed by atoms with Crippen molar-refractivity contribution >= 4 is 18.5 Å². The first-order valence-corrected chi connectivity index (χ1v) is 3.71. The minimum atomic E-state index is -1.06. The molecule has 0 saturated heterocycles. The summed E-state index contributed by atoms with van der Waals surface area (Å²) in [6.07, 6.45) is 2.26. The Morgan fingerprint density at radius 1 is 1.50 bits per heavy atom. The standard InChI is InChI=1S/C9H7NO4/c11-6-14-8-3-1-2-7(10-8)4-5-9(12)13/h1-6H,(H,12,13)/b5-4+. The van der Waals surface area contributed by atoms with Crippen molar-refractivity contribution in [2.45, 2.75) is 0 Å². The molecule has 0 aromatic carbocycles. The number of aliphatic carboxylic acids is 1. The van der Waals surface area contributed by atoms with Crippen LogP contribution in [0.4, 0.5) is 0 Å². The first-order chi connectivity index (χ1) is 6.72. The quantitative estimate of drug-likeness (QED) is 0.563. The van der Waals surface area contributed by atoms with Gasteiger partial charge >= 0.3 is 5.97 Å². The largest absolute Gasteiger partial charge is 0.478 e. The molecule has 0 atom stereocenters. The molecule has 0 aliphatic carbocycles. The van der Waals surface area contributed by atoms with Crippen molar-refractivity contribution in [1.29, 1.82) is 0 Å². The Morgan fingerprint density at radius 3 is 2.93 bits per heavy atom. The molecule has 0 bridgehead atoms. The monoisotopic (exact) mass is 193 g/mol. The third kappa shape index (κ3) is 3.06. The first-order valence-electron chi connectivity index (χ1n) is 3.71. The van der Waals surface area contributed by atoms with Crippen LogP contribution in [0.3, 0.4) is 0 Å². The highest BCUT2D eigenvalue weighted by atomic mass is 16.5. The lowest BCUT2D eigenvalue weighted by Crippen LogP contribution is -1.93. The number of hydrogen-bond acceptors (Lipinski definition) is 4. The molecule has 1 rings (SSSR count). The van der Waals surface area contributed by atoms with Gasteiger partial charge in [0.25, 0.3) is 6.47 Å². The Balaban J connectivity index is 2.82. The normalized spacial score (nSPS) is 10.0. The minimum Gasteiger partial charge on any atom is -0.478 e. The second-order valence-corrected chi connectivity index (χ2v) is 2.29. The van der Waals surface area contributed by atoms with Gasteiger partial charge in [0.05, 0.1) is 5.69 Å². The molecule has 0 spiro atoms. The molecule has 0 amide bonds. The number of rotatable bonds is 4. The Morgan fingerprint density at radius 2 is 2.29 bits per heavy atom. The Kier molecular flexibility index (Phi) is 3.37. The van der Waals surface area contributed by atoms with E-state index in [0.29, 0.717) is 5.69 Å². The van der Waals surface area contributed by atoms with E-state index in [2.05, 4.69) is 9.72 Å². The fourth-order valence-electron chi connectivity index (χ4n) is 0.795. The highest BCUT2D eigenvalue weighted by Crippen LogP contribution is 2.07. The topological polar surface area (TPSA) is 76.5 Å². The zero-order valence-corrected chi connectivity index (χ0v) is 7.08. The van der Waals surface area contributed by atoms with Gasteiger partial charge in [-0.3, -0.25) is 4.79 Å². The average Bonchev–Trinajstić information content (AvgIpc) is 2.16. The van der Waals surface area contributed by atoms with Crippen LogP contribution in [0.1, 0.15) is 5.69 Å². The number of carbonyl (C=O) groups excluding carboxylic acids is 1. The van der Waals surface area contributed by atoms with Gasteiger partial charge in [0.1, 0.15) is 0 Å². The molecule has 0 saturated carbocycles. The van der Waals surface area contributed by atoms with E-state index >= 15 is 0 Å². The van der Waals surface area contributed by atoms with Crippen LogP contribution in [0.25, 0.3) is 6.08 Å². The number of carboxylic acids is 1. The van der Waals surface area contributed by atoms with E-state index in [0.717, 1.165) is 6.08 Å². The van der Waals surface area contributed by atoms with Crippen molar-refractivity contribution in [3.63, 3.8) is 0 Å². The lowest BCUT2D eigenvalue weighted by Gasteiger charge is -1.96. The molecule has 72 valence electrons. The lowest BCUT2D eigenvalue weighted by molar-refractivity contribution is -0.131. The van der Waals surface area contributed by atoms with E-state index < -0.39 is 5.97 Å². The highest BCUT2D eigenvalue weighted by molar-refractivity contribution is 5.84. The maximum Gasteiger partial charge on any atom is 0.328 e. The zero-order valence-electron chi connectivity index (χ0n) is 7.08. The van der Waals surface area contributed by atoms with Crippen LogP contribution in [0.5, 0.6) is 5.88 Å². The molecule has 1 heterocycles. The van der Waals surface area contributed by atoms with Crippen molar-refractivity contribution in [3.05, 3.63) is 30.0 Å². The van der Waals surface area contributed by atoms with Gasteiger partial charge in [-0.05, 0) is 12.1 Å². The summed E-state index contributed by atoms with van der Waals surface area (Å²) in [6, 6.07) is 4.69. The smallest absolute Gasteiger partial charge is 0.328 e. The van der Waals surface area contributed by atoms with Crippen LogP contribution >= 0.6 is 0 Å². The molecule has 0 radical (unpaired) electrons. The van der Waals surface area contributed by atoms with Gasteiger partial charge in [0.15, 0.2) is 0 Å². The third-order valence-electron chi connectivity index (χ3n) is 1.31. The number of ether oxygens (including phenoxy) is 1. The molecular weight excluding hydrogens is 186 g/mol. The van der Waals surface area contributed by atoms with Crippen molar-refractivity contribution in [1.82, 2.24) is 4.98 Å². The molecule has 0 fully saturated rings. The highest BCUT2D eigenvalue weighted by Gasteiger charge is 1.95. The van der Waals surface area contributed by atoms with Crippen LogP contribution in [0, 0.1) is 0 Å². The van der Waals surface area contributed by atoms with Gasteiger partial charge in [-0.15, -0.1) is 0 Å². The summed E-state index contributed by atoms with van der Waals surface area (Å²) >= 11 is 0. The molecule has 0 aliphatic heterocycles. The number of carbonyl (C=O) groups is 2. The fraction of sp³-hybridized carbons (Fsp3) is 0. The summed E-state index contributed by atoms with van der Waals surface area (Å²) in [4.78, 5) is 24.0. The van der Waals surface area contributed by atoms with Crippen molar-refractivity contribution in [2.24, 2.45) is 0 Å². The van der Waals surface area contributed by atoms with Gasteiger partial charge in [-0.1, -0.05) is 6.07 Å². The number of aromatic nitrogens is 1. The summed E-state index contributed by atoms with van der Waals surface area (Å²) < 4.78 is 4.48. The van der Waals surface area contributed by atoms with Crippen LogP contribution in [-0.4, -0.2) is 22.5 Å².